The summed E-state index contributed by atoms with van der Waals surface area (Å²) in [6, 6.07) is 0. The summed E-state index contributed by atoms with van der Waals surface area (Å²) in [4.78, 5) is 4.17. The van der Waals surface area contributed by atoms with E-state index in [4.69, 9.17) is 0 Å². The Labute approximate surface area is 79.0 Å². The maximum Gasteiger partial charge on any atom is 0.0937 e. The van der Waals surface area contributed by atoms with E-state index in [1.807, 2.05) is 25.4 Å². The van der Waals surface area contributed by atoms with E-state index in [0.717, 1.165) is 19.5 Å². The zero-order chi connectivity index (χ0) is 9.23. The van der Waals surface area contributed by atoms with E-state index in [-0.39, 0.29) is 0 Å². The van der Waals surface area contributed by atoms with Crippen LogP contribution in [-0.2, 0) is 6.42 Å². The summed E-state index contributed by atoms with van der Waals surface area (Å²) in [5.74, 6) is 0. The van der Waals surface area contributed by atoms with E-state index < -0.39 is 0 Å². The molecule has 70 valence electrons. The number of nitrogens with zero attached hydrogens (tertiary/aromatic N) is 1. The van der Waals surface area contributed by atoms with Gasteiger partial charge in [-0.2, -0.15) is 0 Å². The minimum Gasteiger partial charge on any atom is -0.317 e. The Kier molecular flexibility index (Phi) is 8.39. The molecule has 0 aromatic carbocycles. The number of thiazole rings is 1. The van der Waals surface area contributed by atoms with Crippen molar-refractivity contribution in [2.24, 2.45) is 0 Å². The molecule has 0 unspecified atom stereocenters. The molecule has 12 heavy (non-hydrogen) atoms. The van der Waals surface area contributed by atoms with Crippen LogP contribution < -0.4 is 5.32 Å². The van der Waals surface area contributed by atoms with Crippen LogP contribution in [0.1, 0.15) is 25.8 Å². The van der Waals surface area contributed by atoms with E-state index in [2.05, 4.69) is 17.2 Å². The van der Waals surface area contributed by atoms with Gasteiger partial charge in [0.25, 0.3) is 0 Å². The Bertz CT molecular complexity index is 161. The highest BCUT2D eigenvalue weighted by atomic mass is 32.1. The van der Waals surface area contributed by atoms with Gasteiger partial charge in [-0.25, -0.2) is 4.98 Å². The van der Waals surface area contributed by atoms with Crippen LogP contribution in [0.4, 0.5) is 0 Å². The summed E-state index contributed by atoms with van der Waals surface area (Å²) in [7, 11) is 0. The van der Waals surface area contributed by atoms with Gasteiger partial charge in [0.05, 0.1) is 5.01 Å². The third kappa shape index (κ3) is 5.27. The molecular formula is C9H18N2S. The molecule has 1 aromatic rings. The first-order valence-corrected chi connectivity index (χ1v) is 5.40. The quantitative estimate of drug-likeness (QED) is 0.730. The third-order valence-electron chi connectivity index (χ3n) is 1.25. The van der Waals surface area contributed by atoms with Gasteiger partial charge < -0.3 is 5.32 Å². The van der Waals surface area contributed by atoms with E-state index >= 15 is 0 Å². The van der Waals surface area contributed by atoms with Crippen LogP contribution in [0.15, 0.2) is 11.6 Å². The van der Waals surface area contributed by atoms with Crippen LogP contribution in [0.2, 0.25) is 0 Å². The number of likely N-dealkylation sites (N-methyl/N-ethyl adjacent to an activating group) is 1. The van der Waals surface area contributed by atoms with Crippen molar-refractivity contribution in [3.63, 3.8) is 0 Å². The van der Waals surface area contributed by atoms with E-state index in [1.165, 1.54) is 5.01 Å². The van der Waals surface area contributed by atoms with Crippen LogP contribution in [0.5, 0.6) is 0 Å². The Morgan fingerprint density at radius 2 is 2.25 bits per heavy atom. The molecule has 0 radical (unpaired) electrons. The standard InChI is InChI=1S/C7H12N2S.C2H6/c1-2-8-4-3-7-9-5-6-10-7;1-2/h5-6,8H,2-4H2,1H3;1-2H3. The summed E-state index contributed by atoms with van der Waals surface area (Å²) < 4.78 is 0. The van der Waals surface area contributed by atoms with Crippen LogP contribution in [0.3, 0.4) is 0 Å². The third-order valence-corrected chi connectivity index (χ3v) is 2.09. The number of nitrogens with one attached hydrogen (secondary N) is 1. The second kappa shape index (κ2) is 8.68. The average Bonchev–Trinajstić information content (AvgIpc) is 2.61. The first kappa shape index (κ1) is 11.6. The van der Waals surface area contributed by atoms with Crippen LogP contribution >= 0.6 is 11.3 Å². The van der Waals surface area contributed by atoms with Crippen molar-refractivity contribution in [1.29, 1.82) is 0 Å². The lowest BCUT2D eigenvalue weighted by Gasteiger charge is -1.96. The van der Waals surface area contributed by atoms with Gasteiger partial charge >= 0.3 is 0 Å². The van der Waals surface area contributed by atoms with Gasteiger partial charge in [-0.05, 0) is 6.54 Å². The summed E-state index contributed by atoms with van der Waals surface area (Å²) in [5, 5.41) is 6.49. The van der Waals surface area contributed by atoms with Gasteiger partial charge in [-0.3, -0.25) is 0 Å². The molecule has 1 aromatic heterocycles. The molecule has 0 aliphatic carbocycles. The van der Waals surface area contributed by atoms with E-state index in [0.29, 0.717) is 0 Å². The smallest absolute Gasteiger partial charge is 0.0937 e. The lowest BCUT2D eigenvalue weighted by molar-refractivity contribution is 0.714. The van der Waals surface area contributed by atoms with Gasteiger partial charge in [-0.1, -0.05) is 20.8 Å². The second-order valence-corrected chi connectivity index (χ2v) is 3.01. The fraction of sp³-hybridized carbons (Fsp3) is 0.667. The molecule has 0 amide bonds. The van der Waals surface area contributed by atoms with Gasteiger partial charge in [0.2, 0.25) is 0 Å². The van der Waals surface area contributed by atoms with Crippen LogP contribution in [-0.4, -0.2) is 18.1 Å². The fourth-order valence-corrected chi connectivity index (χ4v) is 1.37. The SMILES string of the molecule is CC.CCNCCc1nccs1. The highest BCUT2D eigenvalue weighted by Gasteiger charge is 1.92. The van der Waals surface area contributed by atoms with Crippen molar-refractivity contribution >= 4 is 11.3 Å². The predicted octanol–water partition coefficient (Wildman–Crippen LogP) is 2.32. The monoisotopic (exact) mass is 186 g/mol. The van der Waals surface area contributed by atoms with Gasteiger partial charge in [-0.15, -0.1) is 11.3 Å². The topological polar surface area (TPSA) is 24.9 Å². The van der Waals surface area contributed by atoms with Crippen molar-refractivity contribution < 1.29 is 0 Å². The molecule has 3 heteroatoms. The van der Waals surface area contributed by atoms with Crippen LogP contribution in [0, 0.1) is 0 Å². The van der Waals surface area contributed by atoms with Gasteiger partial charge in [0.15, 0.2) is 0 Å². The molecule has 1 rings (SSSR count). The van der Waals surface area contributed by atoms with Crippen LogP contribution in [0.25, 0.3) is 0 Å². The molecule has 0 bridgehead atoms. The minimum atomic E-state index is 1.05. The summed E-state index contributed by atoms with van der Waals surface area (Å²) >= 11 is 1.72. The molecule has 0 spiro atoms. The zero-order valence-corrected chi connectivity index (χ0v) is 8.95. The van der Waals surface area contributed by atoms with Crippen molar-refractivity contribution in [1.82, 2.24) is 10.3 Å². The fourth-order valence-electron chi connectivity index (χ4n) is 0.749. The molecule has 0 fully saturated rings. The van der Waals surface area contributed by atoms with Crippen molar-refractivity contribution in [3.8, 4) is 0 Å². The van der Waals surface area contributed by atoms with Gasteiger partial charge in [0.1, 0.15) is 0 Å². The molecule has 1 heterocycles. The first-order valence-electron chi connectivity index (χ1n) is 4.52. The van der Waals surface area contributed by atoms with E-state index in [9.17, 15) is 0 Å². The lowest BCUT2D eigenvalue weighted by Crippen LogP contribution is -2.15. The number of rotatable bonds is 4. The Hall–Kier alpha value is -0.410. The highest BCUT2D eigenvalue weighted by Crippen LogP contribution is 2.02. The van der Waals surface area contributed by atoms with Gasteiger partial charge in [0, 0.05) is 24.5 Å². The van der Waals surface area contributed by atoms with Crippen molar-refractivity contribution in [2.45, 2.75) is 27.2 Å². The summed E-state index contributed by atoms with van der Waals surface area (Å²) in [6.07, 6.45) is 2.91. The minimum absolute atomic E-state index is 1.05. The molecule has 0 aliphatic heterocycles. The molecule has 2 nitrogen and oxygen atoms in total. The predicted molar refractivity (Wildman–Crippen MR) is 55.7 cm³/mol. The lowest BCUT2D eigenvalue weighted by atomic mass is 10.4. The number of hydrogen-bond donors (Lipinski definition) is 1. The highest BCUT2D eigenvalue weighted by molar-refractivity contribution is 7.09. The largest absolute Gasteiger partial charge is 0.317 e. The maximum absolute atomic E-state index is 4.17. The molecule has 0 saturated heterocycles. The Morgan fingerprint density at radius 1 is 1.50 bits per heavy atom. The maximum atomic E-state index is 4.17. The zero-order valence-electron chi connectivity index (χ0n) is 8.13. The van der Waals surface area contributed by atoms with Crippen molar-refractivity contribution in [3.05, 3.63) is 16.6 Å². The molecular weight excluding hydrogens is 168 g/mol. The first-order chi connectivity index (χ1) is 5.93. The molecule has 0 saturated carbocycles. The Balaban J connectivity index is 0.000000561. The van der Waals surface area contributed by atoms with Crippen molar-refractivity contribution in [2.75, 3.05) is 13.1 Å². The summed E-state index contributed by atoms with van der Waals surface area (Å²) in [6.45, 7) is 8.21. The molecule has 0 atom stereocenters. The second-order valence-electron chi connectivity index (χ2n) is 2.03. The number of hydrogen-bond acceptors (Lipinski definition) is 3. The number of aromatic nitrogens is 1. The van der Waals surface area contributed by atoms with E-state index in [1.54, 1.807) is 11.3 Å². The molecule has 0 aliphatic rings. The molecule has 1 N–H and O–H groups in total. The normalized spacial score (nSPS) is 8.92. The summed E-state index contributed by atoms with van der Waals surface area (Å²) in [5.41, 5.74) is 0. The average molecular weight is 186 g/mol. The Morgan fingerprint density at radius 3 is 2.75 bits per heavy atom.